The third kappa shape index (κ3) is 5.28. The van der Waals surface area contributed by atoms with Crippen molar-refractivity contribution in [2.75, 3.05) is 31.5 Å². The van der Waals surface area contributed by atoms with Gasteiger partial charge in [-0.3, -0.25) is 10.1 Å². The standard InChI is InChI=1S/C14H20N4O2S/c19-18(20)13-6-4-12(5-7-13)16-14(21)15-8-3-11-17-9-1-2-10-17/h4-7H,1-3,8-11H2,(H2,15,16,21)/p+1. The Morgan fingerprint density at radius 1 is 1.29 bits per heavy atom. The number of nitrogens with zero attached hydrogens (tertiary/aromatic N) is 1. The summed E-state index contributed by atoms with van der Waals surface area (Å²) in [7, 11) is 0. The Balaban J connectivity index is 1.65. The second-order valence-corrected chi connectivity index (χ2v) is 5.65. The Morgan fingerprint density at radius 3 is 2.57 bits per heavy atom. The fourth-order valence-corrected chi connectivity index (χ4v) is 2.73. The number of nitro benzene ring substituents is 1. The first-order valence-corrected chi connectivity index (χ1v) is 7.69. The monoisotopic (exact) mass is 309 g/mol. The average molecular weight is 309 g/mol. The molecule has 1 aliphatic rings. The quantitative estimate of drug-likeness (QED) is 0.316. The van der Waals surface area contributed by atoms with E-state index in [9.17, 15) is 10.1 Å². The van der Waals surface area contributed by atoms with Gasteiger partial charge in [0.25, 0.3) is 5.69 Å². The summed E-state index contributed by atoms with van der Waals surface area (Å²) in [6, 6.07) is 6.23. The Kier molecular flexibility index (Phi) is 5.89. The highest BCUT2D eigenvalue weighted by Gasteiger charge is 2.14. The maximum absolute atomic E-state index is 10.6. The molecule has 0 radical (unpaired) electrons. The summed E-state index contributed by atoms with van der Waals surface area (Å²) >= 11 is 5.21. The second-order valence-electron chi connectivity index (χ2n) is 5.25. The highest BCUT2D eigenvalue weighted by atomic mass is 32.1. The molecule has 1 saturated heterocycles. The predicted molar refractivity (Wildman–Crippen MR) is 86.7 cm³/mol. The fraction of sp³-hybridized carbons (Fsp3) is 0.500. The molecule has 0 aliphatic carbocycles. The third-order valence-corrected chi connectivity index (χ3v) is 3.89. The smallest absolute Gasteiger partial charge is 0.269 e. The number of nitrogens with one attached hydrogen (secondary N) is 3. The van der Waals surface area contributed by atoms with E-state index >= 15 is 0 Å². The molecule has 1 aliphatic heterocycles. The van der Waals surface area contributed by atoms with Gasteiger partial charge in [-0.25, -0.2) is 0 Å². The first-order chi connectivity index (χ1) is 10.1. The molecule has 0 spiro atoms. The van der Waals surface area contributed by atoms with Crippen LogP contribution in [0.5, 0.6) is 0 Å². The highest BCUT2D eigenvalue weighted by Crippen LogP contribution is 2.15. The maximum atomic E-state index is 10.6. The van der Waals surface area contributed by atoms with Crippen LogP contribution in [0.25, 0.3) is 0 Å². The summed E-state index contributed by atoms with van der Waals surface area (Å²) in [6.07, 6.45) is 3.79. The minimum absolute atomic E-state index is 0.0769. The zero-order valence-corrected chi connectivity index (χ0v) is 12.7. The van der Waals surface area contributed by atoms with Crippen LogP contribution in [0.1, 0.15) is 19.3 Å². The van der Waals surface area contributed by atoms with Gasteiger partial charge in [-0.15, -0.1) is 0 Å². The number of thiocarbonyl (C=S) groups is 1. The van der Waals surface area contributed by atoms with Gasteiger partial charge in [0.1, 0.15) is 0 Å². The first-order valence-electron chi connectivity index (χ1n) is 7.28. The molecule has 2 rings (SSSR count). The van der Waals surface area contributed by atoms with Crippen LogP contribution in [0.2, 0.25) is 0 Å². The third-order valence-electron chi connectivity index (χ3n) is 3.64. The summed E-state index contributed by atoms with van der Waals surface area (Å²) in [6.45, 7) is 4.63. The van der Waals surface area contributed by atoms with Gasteiger partial charge in [0, 0.05) is 43.6 Å². The SMILES string of the molecule is O=[N+]([O-])c1ccc(NC(=S)NCCC[NH+]2CCCC2)cc1. The molecule has 7 heteroatoms. The van der Waals surface area contributed by atoms with Crippen molar-refractivity contribution in [2.24, 2.45) is 0 Å². The molecule has 6 nitrogen and oxygen atoms in total. The van der Waals surface area contributed by atoms with Gasteiger partial charge in [-0.2, -0.15) is 0 Å². The lowest BCUT2D eigenvalue weighted by molar-refractivity contribution is -0.887. The molecule has 21 heavy (non-hydrogen) atoms. The number of quaternary nitrogens is 1. The van der Waals surface area contributed by atoms with Crippen LogP contribution < -0.4 is 15.5 Å². The molecule has 0 saturated carbocycles. The normalized spacial score (nSPS) is 14.9. The molecule has 1 heterocycles. The largest absolute Gasteiger partial charge is 0.362 e. The van der Waals surface area contributed by atoms with Crippen LogP contribution in [-0.4, -0.2) is 36.2 Å². The molecule has 0 aromatic heterocycles. The first kappa shape index (κ1) is 15.7. The lowest BCUT2D eigenvalue weighted by atomic mass is 10.3. The van der Waals surface area contributed by atoms with E-state index in [1.807, 2.05) is 0 Å². The summed E-state index contributed by atoms with van der Waals surface area (Å²) in [4.78, 5) is 11.8. The lowest BCUT2D eigenvalue weighted by Crippen LogP contribution is -3.10. The minimum Gasteiger partial charge on any atom is -0.362 e. The molecular weight excluding hydrogens is 288 g/mol. The molecule has 0 atom stereocenters. The van der Waals surface area contributed by atoms with Gasteiger partial charge in [0.05, 0.1) is 24.6 Å². The second kappa shape index (κ2) is 7.90. The molecule has 1 aromatic rings. The van der Waals surface area contributed by atoms with Gasteiger partial charge in [-0.05, 0) is 24.4 Å². The van der Waals surface area contributed by atoms with Gasteiger partial charge in [-0.1, -0.05) is 0 Å². The fourth-order valence-electron chi connectivity index (χ4n) is 2.51. The molecular formula is C14H21N4O2S+. The van der Waals surface area contributed by atoms with Crippen LogP contribution in [-0.2, 0) is 0 Å². The van der Waals surface area contributed by atoms with E-state index in [2.05, 4.69) is 10.6 Å². The van der Waals surface area contributed by atoms with Crippen molar-refractivity contribution in [3.8, 4) is 0 Å². The molecule has 0 amide bonds. The number of nitro groups is 1. The number of likely N-dealkylation sites (tertiary alicyclic amines) is 1. The van der Waals surface area contributed by atoms with Crippen molar-refractivity contribution in [1.82, 2.24) is 5.32 Å². The van der Waals surface area contributed by atoms with E-state index in [4.69, 9.17) is 12.2 Å². The summed E-state index contributed by atoms with van der Waals surface area (Å²) in [5, 5.41) is 17.3. The van der Waals surface area contributed by atoms with Gasteiger partial charge in [0.15, 0.2) is 5.11 Å². The maximum Gasteiger partial charge on any atom is 0.269 e. The Labute approximate surface area is 129 Å². The van der Waals surface area contributed by atoms with Crippen molar-refractivity contribution < 1.29 is 9.82 Å². The van der Waals surface area contributed by atoms with Crippen molar-refractivity contribution in [1.29, 1.82) is 0 Å². The van der Waals surface area contributed by atoms with E-state index in [0.717, 1.165) is 18.7 Å². The molecule has 1 aromatic carbocycles. The Bertz CT molecular complexity index is 486. The van der Waals surface area contributed by atoms with Crippen molar-refractivity contribution in [3.05, 3.63) is 34.4 Å². The number of anilines is 1. The summed E-state index contributed by atoms with van der Waals surface area (Å²) < 4.78 is 0. The molecule has 0 bridgehead atoms. The Hall–Kier alpha value is -1.73. The topological polar surface area (TPSA) is 71.6 Å². The van der Waals surface area contributed by atoms with Crippen LogP contribution in [0.3, 0.4) is 0 Å². The Morgan fingerprint density at radius 2 is 1.95 bits per heavy atom. The summed E-state index contributed by atoms with van der Waals surface area (Å²) in [5.41, 5.74) is 0.830. The van der Waals surface area contributed by atoms with Crippen molar-refractivity contribution in [2.45, 2.75) is 19.3 Å². The van der Waals surface area contributed by atoms with E-state index in [1.54, 1.807) is 17.0 Å². The average Bonchev–Trinajstić information content (AvgIpc) is 2.97. The van der Waals surface area contributed by atoms with Crippen LogP contribution >= 0.6 is 12.2 Å². The van der Waals surface area contributed by atoms with Crippen molar-refractivity contribution in [3.63, 3.8) is 0 Å². The van der Waals surface area contributed by atoms with E-state index in [0.29, 0.717) is 5.11 Å². The molecule has 0 unspecified atom stereocenters. The van der Waals surface area contributed by atoms with Crippen LogP contribution in [0.4, 0.5) is 11.4 Å². The zero-order valence-electron chi connectivity index (χ0n) is 11.9. The van der Waals surface area contributed by atoms with Crippen molar-refractivity contribution >= 4 is 28.7 Å². The van der Waals surface area contributed by atoms with Crippen LogP contribution in [0, 0.1) is 10.1 Å². The summed E-state index contributed by atoms with van der Waals surface area (Å²) in [5.74, 6) is 0. The lowest BCUT2D eigenvalue weighted by Gasteiger charge is -2.13. The molecule has 114 valence electrons. The highest BCUT2D eigenvalue weighted by molar-refractivity contribution is 7.80. The number of benzene rings is 1. The number of hydrogen-bond donors (Lipinski definition) is 3. The van der Waals surface area contributed by atoms with Gasteiger partial charge >= 0.3 is 0 Å². The number of hydrogen-bond acceptors (Lipinski definition) is 3. The van der Waals surface area contributed by atoms with E-state index < -0.39 is 4.92 Å². The molecule has 1 fully saturated rings. The molecule has 3 N–H and O–H groups in total. The van der Waals surface area contributed by atoms with E-state index in [1.165, 1.54) is 44.6 Å². The number of rotatable bonds is 6. The zero-order chi connectivity index (χ0) is 15.1. The minimum atomic E-state index is -0.416. The van der Waals surface area contributed by atoms with Gasteiger partial charge < -0.3 is 15.5 Å². The van der Waals surface area contributed by atoms with Crippen LogP contribution in [0.15, 0.2) is 24.3 Å². The number of non-ortho nitro benzene ring substituents is 1. The van der Waals surface area contributed by atoms with E-state index in [-0.39, 0.29) is 5.69 Å². The predicted octanol–water partition coefficient (Wildman–Crippen LogP) is 0.950. The van der Waals surface area contributed by atoms with Gasteiger partial charge in [0.2, 0.25) is 0 Å².